The first kappa shape index (κ1) is 27.6. The van der Waals surface area contributed by atoms with Gasteiger partial charge in [-0.2, -0.15) is 13.2 Å². The highest BCUT2D eigenvalue weighted by molar-refractivity contribution is 7.92. The van der Waals surface area contributed by atoms with E-state index in [-0.39, 0.29) is 29.7 Å². The van der Waals surface area contributed by atoms with Crippen molar-refractivity contribution in [3.8, 4) is 0 Å². The summed E-state index contributed by atoms with van der Waals surface area (Å²) in [5, 5.41) is 3.01. The Labute approximate surface area is 217 Å². The molecular weight excluding hydrogens is 525 g/mol. The number of nitrogens with zero attached hydrogens (tertiary/aromatic N) is 3. The molecule has 1 saturated carbocycles. The summed E-state index contributed by atoms with van der Waals surface area (Å²) in [6, 6.07) is 4.23. The maximum absolute atomic E-state index is 13.4. The lowest BCUT2D eigenvalue weighted by atomic mass is 9.95. The van der Waals surface area contributed by atoms with E-state index >= 15 is 0 Å². The third-order valence-corrected chi connectivity index (χ3v) is 8.46. The van der Waals surface area contributed by atoms with E-state index in [1.165, 1.54) is 31.1 Å². The smallest absolute Gasteiger partial charge is 0.349 e. The summed E-state index contributed by atoms with van der Waals surface area (Å²) in [4.78, 5) is 44.7. The molecule has 0 spiro atoms. The van der Waals surface area contributed by atoms with Gasteiger partial charge in [-0.15, -0.1) is 0 Å². The van der Waals surface area contributed by atoms with Crippen molar-refractivity contribution in [2.45, 2.75) is 74.5 Å². The van der Waals surface area contributed by atoms with Crippen LogP contribution in [0.1, 0.15) is 61.9 Å². The van der Waals surface area contributed by atoms with Gasteiger partial charge in [0, 0.05) is 25.0 Å². The van der Waals surface area contributed by atoms with Gasteiger partial charge in [0.2, 0.25) is 0 Å². The number of amides is 4. The van der Waals surface area contributed by atoms with Gasteiger partial charge in [-0.05, 0) is 62.6 Å². The van der Waals surface area contributed by atoms with Gasteiger partial charge in [0.25, 0.3) is 21.7 Å². The fourth-order valence-electron chi connectivity index (χ4n) is 4.68. The van der Waals surface area contributed by atoms with Gasteiger partial charge in [0.1, 0.15) is 5.54 Å². The number of alkyl halides is 3. The van der Waals surface area contributed by atoms with Crippen LogP contribution in [-0.4, -0.2) is 53.2 Å². The molecule has 38 heavy (non-hydrogen) atoms. The van der Waals surface area contributed by atoms with E-state index in [4.69, 9.17) is 0 Å². The second kappa shape index (κ2) is 10.0. The maximum atomic E-state index is 13.4. The highest BCUT2D eigenvalue weighted by Gasteiger charge is 2.52. The van der Waals surface area contributed by atoms with Crippen LogP contribution in [0.15, 0.2) is 47.6 Å². The molecule has 0 unspecified atom stereocenters. The number of imide groups is 1. The predicted octanol–water partition coefficient (Wildman–Crippen LogP) is 4.19. The minimum atomic E-state index is -5.58. The predicted molar refractivity (Wildman–Crippen MR) is 131 cm³/mol. The summed E-state index contributed by atoms with van der Waals surface area (Å²) in [5.74, 6) is -0.981. The van der Waals surface area contributed by atoms with Crippen molar-refractivity contribution in [2.75, 3.05) is 4.90 Å². The van der Waals surface area contributed by atoms with Crippen LogP contribution in [0, 0.1) is 0 Å². The maximum Gasteiger partial charge on any atom is 0.501 e. The number of carbonyl (C=O) groups is 3. The van der Waals surface area contributed by atoms with E-state index in [2.05, 4.69) is 10.3 Å². The number of urea groups is 1. The molecule has 1 N–H and O–H groups in total. The molecule has 1 aromatic carbocycles. The summed E-state index contributed by atoms with van der Waals surface area (Å²) >= 11 is 0. The molecule has 4 rings (SSSR count). The number of aromatic nitrogens is 1. The molecule has 1 saturated heterocycles. The second-order valence-corrected chi connectivity index (χ2v) is 11.8. The van der Waals surface area contributed by atoms with Gasteiger partial charge in [-0.3, -0.25) is 14.6 Å². The molecule has 0 atom stereocenters. The Morgan fingerprint density at radius 1 is 1.08 bits per heavy atom. The first-order chi connectivity index (χ1) is 17.7. The Morgan fingerprint density at radius 2 is 1.71 bits per heavy atom. The number of pyridine rings is 1. The third kappa shape index (κ3) is 4.98. The molecule has 1 aliphatic carbocycles. The molecule has 1 aliphatic heterocycles. The molecule has 2 fully saturated rings. The summed E-state index contributed by atoms with van der Waals surface area (Å²) < 4.78 is 62.0. The van der Waals surface area contributed by atoms with Crippen LogP contribution in [0.4, 0.5) is 23.7 Å². The average Bonchev–Trinajstić information content (AvgIpc) is 3.03. The van der Waals surface area contributed by atoms with Crippen LogP contribution in [0.2, 0.25) is 0 Å². The van der Waals surface area contributed by atoms with Gasteiger partial charge in [0.15, 0.2) is 0 Å². The monoisotopic (exact) mass is 552 g/mol. The van der Waals surface area contributed by atoms with E-state index in [0.717, 1.165) is 49.1 Å². The second-order valence-electron chi connectivity index (χ2n) is 9.85. The fourth-order valence-corrected chi connectivity index (χ4v) is 5.44. The molecule has 0 bridgehead atoms. The summed E-state index contributed by atoms with van der Waals surface area (Å²) in [6.45, 7) is 2.92. The molecule has 2 aromatic rings. The Morgan fingerprint density at radius 3 is 2.32 bits per heavy atom. The van der Waals surface area contributed by atoms with Gasteiger partial charge in [0.05, 0.1) is 16.1 Å². The zero-order chi connectivity index (χ0) is 27.9. The minimum absolute atomic E-state index is 0.0513. The van der Waals surface area contributed by atoms with E-state index in [1.807, 2.05) is 0 Å². The van der Waals surface area contributed by atoms with Crippen molar-refractivity contribution < 1.29 is 36.0 Å². The zero-order valence-electron chi connectivity index (χ0n) is 20.8. The SMILES string of the molecule is CC1(C)C(=O)N(c2ccc(S(=O)(=O)C(F)(F)F)cc2)C(=O)N1Cc1ccncc1C(=O)NC1CCCCC1. The topological polar surface area (TPSA) is 117 Å². The molecule has 2 heterocycles. The van der Waals surface area contributed by atoms with Crippen molar-refractivity contribution in [1.82, 2.24) is 15.2 Å². The van der Waals surface area contributed by atoms with Crippen molar-refractivity contribution in [1.29, 1.82) is 0 Å². The van der Waals surface area contributed by atoms with E-state index < -0.39 is 37.7 Å². The number of sulfone groups is 1. The zero-order valence-corrected chi connectivity index (χ0v) is 21.6. The largest absolute Gasteiger partial charge is 0.501 e. The fraction of sp³-hybridized carbons (Fsp3) is 0.440. The number of carbonyl (C=O) groups excluding carboxylic acids is 3. The van der Waals surface area contributed by atoms with Gasteiger partial charge >= 0.3 is 11.5 Å². The number of anilines is 1. The van der Waals surface area contributed by atoms with E-state index in [0.29, 0.717) is 17.7 Å². The first-order valence-electron chi connectivity index (χ1n) is 12.1. The number of rotatable bonds is 6. The third-order valence-electron chi connectivity index (χ3n) is 6.96. The lowest BCUT2D eigenvalue weighted by Crippen LogP contribution is -2.44. The molecule has 0 radical (unpaired) electrons. The van der Waals surface area contributed by atoms with Crippen molar-refractivity contribution in [2.24, 2.45) is 0 Å². The lowest BCUT2D eigenvalue weighted by molar-refractivity contribution is -0.123. The van der Waals surface area contributed by atoms with Crippen LogP contribution in [0.3, 0.4) is 0 Å². The number of hydrogen-bond donors (Lipinski definition) is 1. The van der Waals surface area contributed by atoms with E-state index in [9.17, 15) is 36.0 Å². The number of benzene rings is 1. The quantitative estimate of drug-likeness (QED) is 0.538. The van der Waals surface area contributed by atoms with Crippen molar-refractivity contribution in [3.05, 3.63) is 53.9 Å². The van der Waals surface area contributed by atoms with Crippen LogP contribution in [0.25, 0.3) is 0 Å². The van der Waals surface area contributed by atoms with Crippen LogP contribution in [-0.2, 0) is 21.2 Å². The van der Waals surface area contributed by atoms with Crippen LogP contribution < -0.4 is 10.2 Å². The molecule has 1 aromatic heterocycles. The normalized spacial score (nSPS) is 18.7. The Hall–Kier alpha value is -3.48. The Bertz CT molecular complexity index is 1350. The van der Waals surface area contributed by atoms with Crippen LogP contribution in [0.5, 0.6) is 0 Å². The number of halogens is 3. The minimum Gasteiger partial charge on any atom is -0.349 e. The molecule has 9 nitrogen and oxygen atoms in total. The highest BCUT2D eigenvalue weighted by Crippen LogP contribution is 2.36. The van der Waals surface area contributed by atoms with Crippen molar-refractivity contribution >= 4 is 33.4 Å². The van der Waals surface area contributed by atoms with Gasteiger partial charge in [-0.25, -0.2) is 18.1 Å². The first-order valence-corrected chi connectivity index (χ1v) is 13.5. The number of nitrogens with one attached hydrogen (secondary N) is 1. The molecule has 4 amide bonds. The molecule has 13 heteroatoms. The van der Waals surface area contributed by atoms with Crippen molar-refractivity contribution in [3.63, 3.8) is 0 Å². The molecule has 204 valence electrons. The van der Waals surface area contributed by atoms with Gasteiger partial charge < -0.3 is 10.2 Å². The average molecular weight is 553 g/mol. The molecular formula is C25H27F3N4O5S. The lowest BCUT2D eigenvalue weighted by Gasteiger charge is -2.28. The Balaban J connectivity index is 1.58. The standard InChI is InChI=1S/C25H27F3N4O5S/c1-24(2)22(34)32(18-8-10-19(11-9-18)38(36,37)25(26,27)28)23(35)31(24)15-16-12-13-29-14-20(16)21(33)30-17-6-4-3-5-7-17/h8-14,17H,3-7,15H2,1-2H3,(H,30,33). The molecule has 2 aliphatic rings. The summed E-state index contributed by atoms with van der Waals surface area (Å²) in [5.41, 5.74) is -6.20. The number of hydrogen-bond acceptors (Lipinski definition) is 6. The van der Waals surface area contributed by atoms with Crippen LogP contribution >= 0.6 is 0 Å². The highest BCUT2D eigenvalue weighted by atomic mass is 32.2. The van der Waals surface area contributed by atoms with E-state index in [1.54, 1.807) is 6.07 Å². The van der Waals surface area contributed by atoms with Gasteiger partial charge in [-0.1, -0.05) is 19.3 Å². The summed E-state index contributed by atoms with van der Waals surface area (Å²) in [6.07, 6.45) is 7.82. The summed E-state index contributed by atoms with van der Waals surface area (Å²) in [7, 11) is -5.58. The Kier molecular flexibility index (Phi) is 7.26.